The van der Waals surface area contributed by atoms with Crippen molar-refractivity contribution in [3.63, 3.8) is 0 Å². The van der Waals surface area contributed by atoms with Gasteiger partial charge in [-0.2, -0.15) is 0 Å². The second kappa shape index (κ2) is 6.28. The molecule has 2 rings (SSSR count). The first-order valence-corrected chi connectivity index (χ1v) is 5.51. The molecule has 0 bridgehead atoms. The lowest BCUT2D eigenvalue weighted by atomic mass is 10.3. The Morgan fingerprint density at radius 1 is 0.824 bits per heavy atom. The van der Waals surface area contributed by atoms with E-state index >= 15 is 0 Å². The summed E-state index contributed by atoms with van der Waals surface area (Å²) in [6.07, 6.45) is 5.51. The summed E-state index contributed by atoms with van der Waals surface area (Å²) in [5.41, 5.74) is 2.02. The van der Waals surface area contributed by atoms with Crippen LogP contribution in [-0.2, 0) is 0 Å². The van der Waals surface area contributed by atoms with Gasteiger partial charge >= 0.3 is 0 Å². The quantitative estimate of drug-likeness (QED) is 0.776. The standard InChI is InChI=1S/C15H14N2/c1-3-8-14(9-4-1)16-12-7-13-17-15-10-5-2-6-11-15/h1-13,16H/b12-7-,17-13+. The number of para-hydroxylation sites is 2. The van der Waals surface area contributed by atoms with Crippen LogP contribution in [0.5, 0.6) is 0 Å². The fourth-order valence-corrected chi connectivity index (χ4v) is 1.36. The number of anilines is 1. The number of allylic oxidation sites excluding steroid dienone is 1. The van der Waals surface area contributed by atoms with Gasteiger partial charge in [0.15, 0.2) is 0 Å². The number of hydrogen-bond acceptors (Lipinski definition) is 2. The van der Waals surface area contributed by atoms with Crippen molar-refractivity contribution in [2.75, 3.05) is 5.32 Å². The van der Waals surface area contributed by atoms with Crippen LogP contribution >= 0.6 is 0 Å². The van der Waals surface area contributed by atoms with E-state index in [2.05, 4.69) is 10.3 Å². The van der Waals surface area contributed by atoms with E-state index in [1.165, 1.54) is 0 Å². The monoisotopic (exact) mass is 222 g/mol. The molecule has 0 radical (unpaired) electrons. The Morgan fingerprint density at radius 2 is 1.47 bits per heavy atom. The summed E-state index contributed by atoms with van der Waals surface area (Å²) < 4.78 is 0. The van der Waals surface area contributed by atoms with Crippen LogP contribution in [0.2, 0.25) is 0 Å². The lowest BCUT2D eigenvalue weighted by Gasteiger charge is -1.97. The van der Waals surface area contributed by atoms with Crippen molar-refractivity contribution in [2.24, 2.45) is 4.99 Å². The van der Waals surface area contributed by atoms with Crippen molar-refractivity contribution in [2.45, 2.75) is 0 Å². The molecule has 0 saturated carbocycles. The highest BCUT2D eigenvalue weighted by Crippen LogP contribution is 2.08. The van der Waals surface area contributed by atoms with Crippen LogP contribution in [0, 0.1) is 0 Å². The van der Waals surface area contributed by atoms with Crippen molar-refractivity contribution < 1.29 is 0 Å². The van der Waals surface area contributed by atoms with Gasteiger partial charge in [0, 0.05) is 18.1 Å². The molecular weight excluding hydrogens is 208 g/mol. The molecular formula is C15H14N2. The Labute approximate surface area is 101 Å². The summed E-state index contributed by atoms with van der Waals surface area (Å²) in [7, 11) is 0. The van der Waals surface area contributed by atoms with Gasteiger partial charge in [0.1, 0.15) is 0 Å². The number of hydrogen-bond donors (Lipinski definition) is 1. The summed E-state index contributed by atoms with van der Waals surface area (Å²) in [4.78, 5) is 4.29. The smallest absolute Gasteiger partial charge is 0.0629 e. The molecule has 0 aromatic heterocycles. The lowest BCUT2D eigenvalue weighted by Crippen LogP contribution is -1.85. The van der Waals surface area contributed by atoms with E-state index in [1.54, 1.807) is 6.21 Å². The van der Waals surface area contributed by atoms with Gasteiger partial charge in [-0.15, -0.1) is 0 Å². The molecule has 2 nitrogen and oxygen atoms in total. The molecule has 84 valence electrons. The van der Waals surface area contributed by atoms with E-state index in [4.69, 9.17) is 0 Å². The molecule has 0 saturated heterocycles. The fourth-order valence-electron chi connectivity index (χ4n) is 1.36. The predicted octanol–water partition coefficient (Wildman–Crippen LogP) is 4.01. The van der Waals surface area contributed by atoms with E-state index in [0.29, 0.717) is 0 Å². The molecule has 0 fully saturated rings. The highest BCUT2D eigenvalue weighted by Gasteiger charge is 1.83. The fraction of sp³-hybridized carbons (Fsp3) is 0. The van der Waals surface area contributed by atoms with Gasteiger partial charge in [0.2, 0.25) is 0 Å². The number of nitrogens with one attached hydrogen (secondary N) is 1. The number of rotatable bonds is 4. The first kappa shape index (κ1) is 11.1. The molecule has 0 aliphatic heterocycles. The maximum absolute atomic E-state index is 4.29. The zero-order valence-corrected chi connectivity index (χ0v) is 9.45. The molecule has 0 amide bonds. The third kappa shape index (κ3) is 3.95. The summed E-state index contributed by atoms with van der Waals surface area (Å²) in [5, 5.41) is 3.16. The van der Waals surface area contributed by atoms with Crippen molar-refractivity contribution in [3.8, 4) is 0 Å². The normalized spacial score (nSPS) is 11.1. The lowest BCUT2D eigenvalue weighted by molar-refractivity contribution is 1.54. The van der Waals surface area contributed by atoms with E-state index in [9.17, 15) is 0 Å². The maximum atomic E-state index is 4.29. The molecule has 0 aliphatic rings. The Bertz CT molecular complexity index is 487. The number of aliphatic imine (C=N–C) groups is 1. The van der Waals surface area contributed by atoms with Gasteiger partial charge < -0.3 is 5.32 Å². The largest absolute Gasteiger partial charge is 0.362 e. The summed E-state index contributed by atoms with van der Waals surface area (Å²) >= 11 is 0. The summed E-state index contributed by atoms with van der Waals surface area (Å²) in [6.45, 7) is 0. The molecule has 17 heavy (non-hydrogen) atoms. The topological polar surface area (TPSA) is 24.4 Å². The third-order valence-corrected chi connectivity index (χ3v) is 2.19. The Balaban J connectivity index is 1.85. The van der Waals surface area contributed by atoms with Crippen LogP contribution in [0.1, 0.15) is 0 Å². The molecule has 0 atom stereocenters. The molecule has 2 aromatic carbocycles. The van der Waals surface area contributed by atoms with Crippen LogP contribution in [0.25, 0.3) is 0 Å². The SMILES string of the molecule is C(=C/Nc1ccccc1)/C=N/c1ccccc1. The van der Waals surface area contributed by atoms with Crippen molar-refractivity contribution in [3.05, 3.63) is 72.9 Å². The second-order valence-electron chi connectivity index (χ2n) is 3.48. The zero-order valence-electron chi connectivity index (χ0n) is 9.45. The minimum absolute atomic E-state index is 0.955. The van der Waals surface area contributed by atoms with Gasteiger partial charge in [0.05, 0.1) is 5.69 Å². The average molecular weight is 222 g/mol. The summed E-state index contributed by atoms with van der Waals surface area (Å²) in [6, 6.07) is 19.9. The highest BCUT2D eigenvalue weighted by atomic mass is 14.8. The van der Waals surface area contributed by atoms with Gasteiger partial charge in [-0.1, -0.05) is 36.4 Å². The van der Waals surface area contributed by atoms with E-state index < -0.39 is 0 Å². The average Bonchev–Trinajstić information content (AvgIpc) is 2.41. The molecule has 0 unspecified atom stereocenters. The summed E-state index contributed by atoms with van der Waals surface area (Å²) in [5.74, 6) is 0. The van der Waals surface area contributed by atoms with Crippen LogP contribution in [0.4, 0.5) is 11.4 Å². The van der Waals surface area contributed by atoms with Gasteiger partial charge in [-0.05, 0) is 30.3 Å². The molecule has 0 aliphatic carbocycles. The first-order valence-electron chi connectivity index (χ1n) is 5.51. The van der Waals surface area contributed by atoms with Gasteiger partial charge in [0.25, 0.3) is 0 Å². The van der Waals surface area contributed by atoms with Crippen molar-refractivity contribution >= 4 is 17.6 Å². The van der Waals surface area contributed by atoms with Crippen LogP contribution < -0.4 is 5.32 Å². The minimum Gasteiger partial charge on any atom is -0.362 e. The van der Waals surface area contributed by atoms with E-state index in [-0.39, 0.29) is 0 Å². The van der Waals surface area contributed by atoms with Crippen molar-refractivity contribution in [1.29, 1.82) is 0 Å². The molecule has 2 heteroatoms. The Kier molecular flexibility index (Phi) is 4.12. The number of nitrogens with zero attached hydrogens (tertiary/aromatic N) is 1. The zero-order chi connectivity index (χ0) is 11.8. The third-order valence-electron chi connectivity index (χ3n) is 2.19. The number of benzene rings is 2. The second-order valence-corrected chi connectivity index (χ2v) is 3.48. The van der Waals surface area contributed by atoms with Crippen molar-refractivity contribution in [1.82, 2.24) is 0 Å². The molecule has 1 N–H and O–H groups in total. The Hall–Kier alpha value is -2.35. The molecule has 0 heterocycles. The van der Waals surface area contributed by atoms with Crippen LogP contribution in [-0.4, -0.2) is 6.21 Å². The van der Waals surface area contributed by atoms with E-state index in [0.717, 1.165) is 11.4 Å². The minimum atomic E-state index is 0.955. The predicted molar refractivity (Wildman–Crippen MR) is 73.8 cm³/mol. The molecule has 2 aromatic rings. The first-order chi connectivity index (χ1) is 8.45. The molecule has 0 spiro atoms. The van der Waals surface area contributed by atoms with Gasteiger partial charge in [-0.25, -0.2) is 0 Å². The van der Waals surface area contributed by atoms with Gasteiger partial charge in [-0.3, -0.25) is 4.99 Å². The van der Waals surface area contributed by atoms with E-state index in [1.807, 2.05) is 72.9 Å². The highest BCUT2D eigenvalue weighted by molar-refractivity contribution is 5.74. The maximum Gasteiger partial charge on any atom is 0.0629 e. The van der Waals surface area contributed by atoms with Crippen LogP contribution in [0.15, 0.2) is 77.9 Å². The van der Waals surface area contributed by atoms with Crippen LogP contribution in [0.3, 0.4) is 0 Å². The Morgan fingerprint density at radius 3 is 2.18 bits per heavy atom.